The van der Waals surface area contributed by atoms with Gasteiger partial charge in [-0.15, -0.1) is 0 Å². The van der Waals surface area contributed by atoms with Gasteiger partial charge in [0.15, 0.2) is 0 Å². The molecule has 7 heteroatoms. The number of anilines is 2. The maximum Gasteiger partial charge on any atom is 0.255 e. The molecule has 2 aromatic carbocycles. The summed E-state index contributed by atoms with van der Waals surface area (Å²) in [6.07, 6.45) is 2.95. The van der Waals surface area contributed by atoms with Gasteiger partial charge in [-0.1, -0.05) is 6.07 Å². The van der Waals surface area contributed by atoms with Gasteiger partial charge in [-0.05, 0) is 48.5 Å². The van der Waals surface area contributed by atoms with Gasteiger partial charge in [-0.2, -0.15) is 10.2 Å². The lowest BCUT2D eigenvalue weighted by molar-refractivity contribution is 0.101. The summed E-state index contributed by atoms with van der Waals surface area (Å²) in [6, 6.07) is 15.1. The Bertz CT molecular complexity index is 912. The number of rotatable bonds is 5. The first-order valence-electron chi connectivity index (χ1n) is 7.79. The van der Waals surface area contributed by atoms with Crippen molar-refractivity contribution >= 4 is 23.2 Å². The second-order valence-corrected chi connectivity index (χ2v) is 5.35. The Morgan fingerprint density at radius 1 is 0.846 bits per heavy atom. The van der Waals surface area contributed by atoms with Gasteiger partial charge in [0.25, 0.3) is 11.8 Å². The number of carbonyl (C=O) groups excluding carboxylic acids is 2. The van der Waals surface area contributed by atoms with Crippen LogP contribution in [-0.4, -0.2) is 29.1 Å². The van der Waals surface area contributed by atoms with Crippen molar-refractivity contribution in [2.24, 2.45) is 0 Å². The van der Waals surface area contributed by atoms with E-state index in [1.165, 1.54) is 12.4 Å². The Hall–Kier alpha value is -3.74. The van der Waals surface area contributed by atoms with Crippen LogP contribution in [0.25, 0.3) is 0 Å². The van der Waals surface area contributed by atoms with Crippen molar-refractivity contribution in [3.05, 3.63) is 78.1 Å². The van der Waals surface area contributed by atoms with E-state index in [0.29, 0.717) is 28.3 Å². The number of nitrogens with one attached hydrogen (secondary N) is 2. The summed E-state index contributed by atoms with van der Waals surface area (Å²) in [5, 5.41) is 12.8. The van der Waals surface area contributed by atoms with Gasteiger partial charge < -0.3 is 15.4 Å². The van der Waals surface area contributed by atoms with Gasteiger partial charge in [0.2, 0.25) is 0 Å². The van der Waals surface area contributed by atoms with Gasteiger partial charge in [-0.25, -0.2) is 0 Å². The number of benzene rings is 2. The largest absolute Gasteiger partial charge is 0.497 e. The van der Waals surface area contributed by atoms with Gasteiger partial charge in [0, 0.05) is 16.8 Å². The summed E-state index contributed by atoms with van der Waals surface area (Å²) in [7, 11) is 1.54. The number of nitrogens with zero attached hydrogens (tertiary/aromatic N) is 2. The van der Waals surface area contributed by atoms with Crippen LogP contribution < -0.4 is 15.4 Å². The van der Waals surface area contributed by atoms with E-state index in [4.69, 9.17) is 4.74 Å². The molecule has 0 saturated carbocycles. The summed E-state index contributed by atoms with van der Waals surface area (Å²) < 4.78 is 5.11. The molecule has 0 aliphatic heterocycles. The van der Waals surface area contributed by atoms with Crippen LogP contribution in [0, 0.1) is 0 Å². The third kappa shape index (κ3) is 4.21. The van der Waals surface area contributed by atoms with Crippen LogP contribution in [0.1, 0.15) is 20.7 Å². The van der Waals surface area contributed by atoms with Crippen LogP contribution in [0.3, 0.4) is 0 Å². The molecule has 3 rings (SSSR count). The average molecular weight is 348 g/mol. The van der Waals surface area contributed by atoms with Crippen molar-refractivity contribution in [2.75, 3.05) is 17.7 Å². The second kappa shape index (κ2) is 7.89. The molecule has 0 unspecified atom stereocenters. The third-order valence-electron chi connectivity index (χ3n) is 3.58. The van der Waals surface area contributed by atoms with Crippen molar-refractivity contribution in [2.45, 2.75) is 0 Å². The molecule has 7 nitrogen and oxygen atoms in total. The lowest BCUT2D eigenvalue weighted by atomic mass is 10.1. The first-order chi connectivity index (χ1) is 12.7. The lowest BCUT2D eigenvalue weighted by Crippen LogP contribution is -2.14. The maximum absolute atomic E-state index is 12.3. The van der Waals surface area contributed by atoms with Crippen LogP contribution in [0.15, 0.2) is 67.0 Å². The summed E-state index contributed by atoms with van der Waals surface area (Å²) in [6.45, 7) is 0. The Labute approximate surface area is 150 Å². The number of hydrogen-bond acceptors (Lipinski definition) is 5. The van der Waals surface area contributed by atoms with E-state index in [2.05, 4.69) is 20.8 Å². The lowest BCUT2D eigenvalue weighted by Gasteiger charge is -2.08. The topological polar surface area (TPSA) is 93.2 Å². The molecule has 3 aromatic rings. The second-order valence-electron chi connectivity index (χ2n) is 5.35. The van der Waals surface area contributed by atoms with Crippen molar-refractivity contribution in [1.29, 1.82) is 0 Å². The van der Waals surface area contributed by atoms with Crippen LogP contribution in [0.4, 0.5) is 11.4 Å². The molecule has 0 radical (unpaired) electrons. The van der Waals surface area contributed by atoms with Gasteiger partial charge in [0.05, 0.1) is 25.2 Å². The molecule has 1 aromatic heterocycles. The standard InChI is InChI=1S/C19H16N4O3/c1-26-17-4-2-3-14(11-17)19(25)22-15-7-5-13(6-8-15)18(24)23-16-9-10-20-21-12-16/h2-12H,1H3,(H,22,25)(H,20,23,24). The Morgan fingerprint density at radius 2 is 1.58 bits per heavy atom. The van der Waals surface area contributed by atoms with Gasteiger partial charge >= 0.3 is 0 Å². The van der Waals surface area contributed by atoms with Crippen molar-refractivity contribution < 1.29 is 14.3 Å². The molecule has 2 N–H and O–H groups in total. The minimum absolute atomic E-state index is 0.260. The van der Waals surface area contributed by atoms with Crippen LogP contribution in [0.2, 0.25) is 0 Å². The smallest absolute Gasteiger partial charge is 0.255 e. The molecule has 0 fully saturated rings. The zero-order chi connectivity index (χ0) is 18.4. The zero-order valence-electron chi connectivity index (χ0n) is 14.0. The van der Waals surface area contributed by atoms with Crippen LogP contribution >= 0.6 is 0 Å². The monoisotopic (exact) mass is 348 g/mol. The summed E-state index contributed by atoms with van der Waals surface area (Å²) in [4.78, 5) is 24.5. The molecule has 0 aliphatic rings. The highest BCUT2D eigenvalue weighted by Gasteiger charge is 2.09. The number of hydrogen-bond donors (Lipinski definition) is 2. The number of amides is 2. The molecule has 1 heterocycles. The Morgan fingerprint density at radius 3 is 2.27 bits per heavy atom. The van der Waals surface area contributed by atoms with Gasteiger partial charge in [0.1, 0.15) is 5.75 Å². The van der Waals surface area contributed by atoms with E-state index < -0.39 is 0 Å². The SMILES string of the molecule is COc1cccc(C(=O)Nc2ccc(C(=O)Nc3ccnnc3)cc2)c1. The molecule has 0 saturated heterocycles. The third-order valence-corrected chi connectivity index (χ3v) is 3.58. The number of carbonyl (C=O) groups is 2. The molecule has 0 aliphatic carbocycles. The predicted octanol–water partition coefficient (Wildman–Crippen LogP) is 2.99. The molecular formula is C19H16N4O3. The number of methoxy groups -OCH3 is 1. The summed E-state index contributed by atoms with van der Waals surface area (Å²) in [5.41, 5.74) is 2.08. The molecule has 26 heavy (non-hydrogen) atoms. The minimum Gasteiger partial charge on any atom is -0.497 e. The van der Waals surface area contributed by atoms with E-state index in [1.54, 1.807) is 61.7 Å². The molecule has 0 atom stereocenters. The predicted molar refractivity (Wildman–Crippen MR) is 97.4 cm³/mol. The molecule has 2 amide bonds. The van der Waals surface area contributed by atoms with Gasteiger partial charge in [-0.3, -0.25) is 9.59 Å². The van der Waals surface area contributed by atoms with E-state index in [-0.39, 0.29) is 11.8 Å². The van der Waals surface area contributed by atoms with Crippen LogP contribution in [-0.2, 0) is 0 Å². The van der Waals surface area contributed by atoms with E-state index >= 15 is 0 Å². The number of ether oxygens (including phenoxy) is 1. The van der Waals surface area contributed by atoms with Crippen molar-refractivity contribution in [3.63, 3.8) is 0 Å². The highest BCUT2D eigenvalue weighted by Crippen LogP contribution is 2.16. The average Bonchev–Trinajstić information content (AvgIpc) is 2.69. The van der Waals surface area contributed by atoms with Crippen LogP contribution in [0.5, 0.6) is 5.75 Å². The molecule has 0 spiro atoms. The van der Waals surface area contributed by atoms with E-state index in [1.807, 2.05) is 0 Å². The molecule has 0 bridgehead atoms. The molecule has 130 valence electrons. The van der Waals surface area contributed by atoms with Crippen molar-refractivity contribution in [1.82, 2.24) is 10.2 Å². The minimum atomic E-state index is -0.274. The first kappa shape index (κ1) is 17.1. The van der Waals surface area contributed by atoms with Crippen molar-refractivity contribution in [3.8, 4) is 5.75 Å². The summed E-state index contributed by atoms with van der Waals surface area (Å²) in [5.74, 6) is 0.0721. The highest BCUT2D eigenvalue weighted by molar-refractivity contribution is 6.06. The molecular weight excluding hydrogens is 332 g/mol. The van der Waals surface area contributed by atoms with E-state index in [9.17, 15) is 9.59 Å². The van der Waals surface area contributed by atoms with E-state index in [0.717, 1.165) is 0 Å². The fraction of sp³-hybridized carbons (Fsp3) is 0.0526. The fourth-order valence-electron chi connectivity index (χ4n) is 2.24. The fourth-order valence-corrected chi connectivity index (χ4v) is 2.24. The zero-order valence-corrected chi connectivity index (χ0v) is 14.0. The first-order valence-corrected chi connectivity index (χ1v) is 7.79. The quantitative estimate of drug-likeness (QED) is 0.739. The summed E-state index contributed by atoms with van der Waals surface area (Å²) >= 11 is 0. The maximum atomic E-state index is 12.3. The Kier molecular flexibility index (Phi) is 5.19. The number of aromatic nitrogens is 2. The highest BCUT2D eigenvalue weighted by atomic mass is 16.5. The normalized spacial score (nSPS) is 10.0. The Balaban J connectivity index is 1.65.